The molecule has 0 aliphatic heterocycles. The second-order valence-corrected chi connectivity index (χ2v) is 4.99. The smallest absolute Gasteiger partial charge is 0.256 e. The highest BCUT2D eigenvalue weighted by Gasteiger charge is 2.18. The van der Waals surface area contributed by atoms with Crippen LogP contribution in [0.2, 0.25) is 5.02 Å². The van der Waals surface area contributed by atoms with Crippen LogP contribution < -0.4 is 5.56 Å². The molecule has 0 bridgehead atoms. The zero-order chi connectivity index (χ0) is 15.5. The Bertz CT molecular complexity index is 888. The Kier molecular flexibility index (Phi) is 3.85. The van der Waals surface area contributed by atoms with Gasteiger partial charge in [0.2, 0.25) is 5.78 Å². The molecule has 0 N–H and O–H groups in total. The molecule has 0 amide bonds. The number of benzene rings is 1. The summed E-state index contributed by atoms with van der Waals surface area (Å²) >= 11 is 6.08. The highest BCUT2D eigenvalue weighted by Crippen LogP contribution is 2.19. The molecule has 0 spiro atoms. The molecule has 2 aromatic heterocycles. The molecule has 0 saturated heterocycles. The summed E-state index contributed by atoms with van der Waals surface area (Å²) in [4.78, 5) is 29.1. The molecule has 1 aromatic carbocycles. The average Bonchev–Trinajstić information content (AvgIpc) is 2.55. The van der Waals surface area contributed by atoms with Gasteiger partial charge in [-0.1, -0.05) is 35.9 Å². The fraction of sp³-hybridized carbons (Fsp3) is 0. The summed E-state index contributed by atoms with van der Waals surface area (Å²) in [7, 11) is 0. The maximum atomic E-state index is 12.7. The first-order valence-electron chi connectivity index (χ1n) is 6.61. The molecule has 0 unspecified atom stereocenters. The van der Waals surface area contributed by atoms with Gasteiger partial charge >= 0.3 is 0 Å². The number of pyridine rings is 2. The van der Waals surface area contributed by atoms with Gasteiger partial charge < -0.3 is 0 Å². The van der Waals surface area contributed by atoms with Gasteiger partial charge in [0, 0.05) is 17.8 Å². The van der Waals surface area contributed by atoms with E-state index in [1.165, 1.54) is 10.6 Å². The van der Waals surface area contributed by atoms with Crippen molar-refractivity contribution in [3.63, 3.8) is 0 Å². The van der Waals surface area contributed by atoms with Gasteiger partial charge in [0.1, 0.15) is 5.82 Å². The average molecular weight is 311 g/mol. The van der Waals surface area contributed by atoms with Gasteiger partial charge in [-0.25, -0.2) is 4.98 Å². The molecule has 0 aliphatic rings. The predicted octanol–water partition coefficient (Wildman–Crippen LogP) is 3.12. The summed E-state index contributed by atoms with van der Waals surface area (Å²) in [6.07, 6.45) is 1.57. The second-order valence-electron chi connectivity index (χ2n) is 4.58. The Labute approximate surface area is 131 Å². The first-order valence-corrected chi connectivity index (χ1v) is 6.99. The predicted molar refractivity (Wildman–Crippen MR) is 84.7 cm³/mol. The lowest BCUT2D eigenvalue weighted by molar-refractivity contribution is 0.103. The van der Waals surface area contributed by atoms with E-state index in [2.05, 4.69) is 4.98 Å². The van der Waals surface area contributed by atoms with Crippen molar-refractivity contribution in [1.82, 2.24) is 9.55 Å². The van der Waals surface area contributed by atoms with Gasteiger partial charge in [0.25, 0.3) is 5.56 Å². The number of ketones is 1. The summed E-state index contributed by atoms with van der Waals surface area (Å²) in [6, 6.07) is 16.4. The number of aromatic nitrogens is 2. The van der Waals surface area contributed by atoms with Crippen LogP contribution in [-0.2, 0) is 0 Å². The fourth-order valence-electron chi connectivity index (χ4n) is 2.17. The van der Waals surface area contributed by atoms with Gasteiger partial charge in [-0.3, -0.25) is 14.2 Å². The lowest BCUT2D eigenvalue weighted by Crippen LogP contribution is -2.24. The van der Waals surface area contributed by atoms with Crippen molar-refractivity contribution in [2.24, 2.45) is 0 Å². The van der Waals surface area contributed by atoms with E-state index in [1.54, 1.807) is 60.8 Å². The molecule has 2 heterocycles. The first-order chi connectivity index (χ1) is 10.7. The quantitative estimate of drug-likeness (QED) is 0.698. The molecule has 5 heteroatoms. The van der Waals surface area contributed by atoms with Crippen molar-refractivity contribution in [3.8, 4) is 5.82 Å². The van der Waals surface area contributed by atoms with E-state index >= 15 is 0 Å². The van der Waals surface area contributed by atoms with Crippen molar-refractivity contribution in [2.75, 3.05) is 0 Å². The zero-order valence-electron chi connectivity index (χ0n) is 11.4. The highest BCUT2D eigenvalue weighted by molar-refractivity contribution is 6.34. The number of hydrogen-bond donors (Lipinski definition) is 0. The topological polar surface area (TPSA) is 52.0 Å². The van der Waals surface area contributed by atoms with Gasteiger partial charge in [0.05, 0.1) is 10.7 Å². The molecule has 0 atom stereocenters. The first kappa shape index (κ1) is 14.2. The number of rotatable bonds is 3. The van der Waals surface area contributed by atoms with E-state index in [9.17, 15) is 9.59 Å². The van der Waals surface area contributed by atoms with E-state index in [-0.39, 0.29) is 17.0 Å². The van der Waals surface area contributed by atoms with Crippen LogP contribution in [0.3, 0.4) is 0 Å². The molecular weight excluding hydrogens is 300 g/mol. The number of hydrogen-bond acceptors (Lipinski definition) is 3. The minimum atomic E-state index is -0.325. The third kappa shape index (κ3) is 2.56. The van der Waals surface area contributed by atoms with Crippen LogP contribution in [-0.4, -0.2) is 15.3 Å². The molecule has 4 nitrogen and oxygen atoms in total. The number of halogens is 1. The van der Waals surface area contributed by atoms with Gasteiger partial charge in [-0.05, 0) is 30.3 Å². The molecular formula is C17H11ClN2O2. The van der Waals surface area contributed by atoms with Crippen molar-refractivity contribution in [2.45, 2.75) is 0 Å². The molecule has 108 valence electrons. The third-order valence-corrected chi connectivity index (χ3v) is 3.51. The third-order valence-electron chi connectivity index (χ3n) is 3.18. The van der Waals surface area contributed by atoms with E-state index in [4.69, 9.17) is 11.6 Å². The summed E-state index contributed by atoms with van der Waals surface area (Å²) in [6.45, 7) is 0. The summed E-state index contributed by atoms with van der Waals surface area (Å²) in [5.74, 6) is 0.0671. The lowest BCUT2D eigenvalue weighted by Gasteiger charge is -2.11. The maximum absolute atomic E-state index is 12.7. The Morgan fingerprint density at radius 2 is 1.73 bits per heavy atom. The van der Waals surface area contributed by atoms with Crippen molar-refractivity contribution >= 4 is 17.4 Å². The summed E-state index contributed by atoms with van der Waals surface area (Å²) in [5.41, 5.74) is 0.246. The zero-order valence-corrected chi connectivity index (χ0v) is 12.2. The van der Waals surface area contributed by atoms with Crippen LogP contribution in [0.25, 0.3) is 5.82 Å². The summed E-state index contributed by atoms with van der Waals surface area (Å²) < 4.78 is 1.28. The van der Waals surface area contributed by atoms with E-state index < -0.39 is 0 Å². The maximum Gasteiger partial charge on any atom is 0.256 e. The second kappa shape index (κ2) is 5.95. The van der Waals surface area contributed by atoms with Gasteiger partial charge in [-0.15, -0.1) is 0 Å². The van der Waals surface area contributed by atoms with Crippen LogP contribution >= 0.6 is 11.6 Å². The SMILES string of the molecule is O=C(c1ccccc1Cl)c1cccc(=O)n1-c1ccccn1. The number of carbonyl (C=O) groups is 1. The minimum absolute atomic E-state index is 0.222. The van der Waals surface area contributed by atoms with Gasteiger partial charge in [0.15, 0.2) is 0 Å². The van der Waals surface area contributed by atoms with Crippen molar-refractivity contribution in [1.29, 1.82) is 0 Å². The fourth-order valence-corrected chi connectivity index (χ4v) is 2.39. The standard InChI is InChI=1S/C17H11ClN2O2/c18-13-7-2-1-6-12(13)17(22)14-8-5-10-16(21)20(14)15-9-3-4-11-19-15/h1-11H. The van der Waals surface area contributed by atoms with E-state index in [1.807, 2.05) is 0 Å². The molecule has 0 aliphatic carbocycles. The van der Waals surface area contributed by atoms with E-state index in [0.717, 1.165) is 0 Å². The monoisotopic (exact) mass is 310 g/mol. The van der Waals surface area contributed by atoms with Crippen molar-refractivity contribution < 1.29 is 4.79 Å². The Morgan fingerprint density at radius 1 is 0.955 bits per heavy atom. The minimum Gasteiger partial charge on any atom is -0.287 e. The largest absolute Gasteiger partial charge is 0.287 e. The van der Waals surface area contributed by atoms with Gasteiger partial charge in [-0.2, -0.15) is 0 Å². The Morgan fingerprint density at radius 3 is 2.45 bits per heavy atom. The number of nitrogens with zero attached hydrogens (tertiary/aromatic N) is 2. The number of carbonyl (C=O) groups excluding carboxylic acids is 1. The Hall–Kier alpha value is -2.72. The molecule has 0 saturated carbocycles. The lowest BCUT2D eigenvalue weighted by atomic mass is 10.1. The normalized spacial score (nSPS) is 10.4. The van der Waals surface area contributed by atoms with Crippen LogP contribution in [0.5, 0.6) is 0 Å². The van der Waals surface area contributed by atoms with Crippen LogP contribution in [0.15, 0.2) is 71.7 Å². The molecule has 3 rings (SSSR count). The molecule has 3 aromatic rings. The summed E-state index contributed by atoms with van der Waals surface area (Å²) in [5, 5.41) is 0.344. The Balaban J connectivity index is 2.21. The van der Waals surface area contributed by atoms with Crippen LogP contribution in [0, 0.1) is 0 Å². The molecule has 22 heavy (non-hydrogen) atoms. The van der Waals surface area contributed by atoms with Crippen molar-refractivity contribution in [3.05, 3.63) is 93.5 Å². The van der Waals surface area contributed by atoms with Crippen LogP contribution in [0.4, 0.5) is 0 Å². The highest BCUT2D eigenvalue weighted by atomic mass is 35.5. The van der Waals surface area contributed by atoms with E-state index in [0.29, 0.717) is 16.4 Å². The van der Waals surface area contributed by atoms with Crippen LogP contribution in [0.1, 0.15) is 16.1 Å². The molecule has 0 radical (unpaired) electrons. The molecule has 0 fully saturated rings.